The Balaban J connectivity index is 2.31. The van der Waals surface area contributed by atoms with Crippen LogP contribution in [0.25, 0.3) is 0 Å². The molecule has 0 spiro atoms. The molecule has 6 nitrogen and oxygen atoms in total. The predicted octanol–water partition coefficient (Wildman–Crippen LogP) is 1.45. The summed E-state index contributed by atoms with van der Waals surface area (Å²) < 4.78 is 5.45. The van der Waals surface area contributed by atoms with Gasteiger partial charge in [0.15, 0.2) is 5.82 Å². The molecule has 1 unspecified atom stereocenters. The number of nitrogens with zero attached hydrogens (tertiary/aromatic N) is 2. The second-order valence-electron chi connectivity index (χ2n) is 4.33. The molecule has 0 saturated carbocycles. The van der Waals surface area contributed by atoms with Gasteiger partial charge in [-0.1, -0.05) is 0 Å². The maximum Gasteiger partial charge on any atom is 0.328 e. The number of carbonyl (C=O) groups is 1. The highest BCUT2D eigenvalue weighted by atomic mass is 79.9. The Hall–Kier alpha value is -1.37. The van der Waals surface area contributed by atoms with Crippen LogP contribution in [0.3, 0.4) is 0 Å². The quantitative estimate of drug-likeness (QED) is 0.849. The maximum absolute atomic E-state index is 12.0. The largest absolute Gasteiger partial charge is 0.464 e. The molecular formula is C12H16BrN3O3. The third kappa shape index (κ3) is 2.97. The van der Waals surface area contributed by atoms with E-state index in [1.807, 2.05) is 4.90 Å². The average molecular weight is 330 g/mol. The molecule has 1 aliphatic heterocycles. The van der Waals surface area contributed by atoms with E-state index in [-0.39, 0.29) is 17.6 Å². The zero-order valence-electron chi connectivity index (χ0n) is 10.7. The molecule has 1 N–H and O–H groups in total. The summed E-state index contributed by atoms with van der Waals surface area (Å²) in [6.07, 6.45) is 4.01. The van der Waals surface area contributed by atoms with E-state index in [1.54, 1.807) is 6.92 Å². The van der Waals surface area contributed by atoms with Gasteiger partial charge in [0.1, 0.15) is 10.5 Å². The zero-order chi connectivity index (χ0) is 13.8. The highest BCUT2D eigenvalue weighted by Gasteiger charge is 2.32. The number of rotatable bonds is 3. The fourth-order valence-corrected chi connectivity index (χ4v) is 2.69. The number of nitrogens with one attached hydrogen (secondary N) is 1. The molecule has 0 bridgehead atoms. The molecular weight excluding hydrogens is 314 g/mol. The van der Waals surface area contributed by atoms with Crippen molar-refractivity contribution in [1.29, 1.82) is 0 Å². The van der Waals surface area contributed by atoms with E-state index < -0.39 is 0 Å². The van der Waals surface area contributed by atoms with Crippen molar-refractivity contribution in [3.8, 4) is 0 Å². The van der Waals surface area contributed by atoms with Crippen molar-refractivity contribution in [3.05, 3.63) is 21.2 Å². The molecule has 0 aromatic carbocycles. The second kappa shape index (κ2) is 6.18. The highest BCUT2D eigenvalue weighted by molar-refractivity contribution is 9.10. The Morgan fingerprint density at radius 2 is 2.42 bits per heavy atom. The number of esters is 1. The van der Waals surface area contributed by atoms with Crippen LogP contribution in [-0.2, 0) is 9.53 Å². The number of piperidine rings is 1. The zero-order valence-corrected chi connectivity index (χ0v) is 12.3. The molecule has 0 amide bonds. The van der Waals surface area contributed by atoms with Gasteiger partial charge in [-0.2, -0.15) is 0 Å². The minimum absolute atomic E-state index is 0.252. The van der Waals surface area contributed by atoms with Crippen LogP contribution in [0.4, 0.5) is 5.82 Å². The Morgan fingerprint density at radius 3 is 3.16 bits per heavy atom. The van der Waals surface area contributed by atoms with Gasteiger partial charge in [-0.25, -0.2) is 9.78 Å². The molecule has 1 fully saturated rings. The highest BCUT2D eigenvalue weighted by Crippen LogP contribution is 2.27. The van der Waals surface area contributed by atoms with Gasteiger partial charge in [0.2, 0.25) is 0 Å². The number of anilines is 1. The van der Waals surface area contributed by atoms with Crippen molar-refractivity contribution in [2.45, 2.75) is 32.2 Å². The fraction of sp³-hybridized carbons (Fsp3) is 0.583. The summed E-state index contributed by atoms with van der Waals surface area (Å²) in [7, 11) is 0. The monoisotopic (exact) mass is 329 g/mol. The Bertz CT molecular complexity index is 517. The van der Waals surface area contributed by atoms with Gasteiger partial charge < -0.3 is 14.6 Å². The van der Waals surface area contributed by atoms with Gasteiger partial charge in [-0.15, -0.1) is 0 Å². The normalized spacial score (nSPS) is 19.3. The number of H-pyrrole nitrogens is 1. The van der Waals surface area contributed by atoms with Gasteiger partial charge in [0.05, 0.1) is 12.9 Å². The van der Waals surface area contributed by atoms with Crippen molar-refractivity contribution in [2.24, 2.45) is 0 Å². The van der Waals surface area contributed by atoms with Crippen molar-refractivity contribution < 1.29 is 9.53 Å². The lowest BCUT2D eigenvalue weighted by Crippen LogP contribution is -2.46. The van der Waals surface area contributed by atoms with Crippen molar-refractivity contribution in [2.75, 3.05) is 18.1 Å². The maximum atomic E-state index is 12.0. The predicted molar refractivity (Wildman–Crippen MR) is 74.2 cm³/mol. The third-order valence-electron chi connectivity index (χ3n) is 3.11. The molecule has 0 radical (unpaired) electrons. The van der Waals surface area contributed by atoms with E-state index in [4.69, 9.17) is 4.74 Å². The van der Waals surface area contributed by atoms with Crippen LogP contribution in [0.15, 0.2) is 15.6 Å². The smallest absolute Gasteiger partial charge is 0.328 e. The number of ether oxygens (including phenoxy) is 1. The summed E-state index contributed by atoms with van der Waals surface area (Å²) in [4.78, 5) is 32.1. The van der Waals surface area contributed by atoms with Gasteiger partial charge in [0.25, 0.3) is 5.56 Å². The fourth-order valence-electron chi connectivity index (χ4n) is 2.24. The van der Waals surface area contributed by atoms with E-state index in [2.05, 4.69) is 25.9 Å². The second-order valence-corrected chi connectivity index (χ2v) is 5.12. The Kier molecular flexibility index (Phi) is 4.57. The molecule has 1 aliphatic rings. The van der Waals surface area contributed by atoms with Crippen LogP contribution < -0.4 is 10.5 Å². The van der Waals surface area contributed by atoms with E-state index in [0.29, 0.717) is 23.4 Å². The number of aromatic nitrogens is 2. The van der Waals surface area contributed by atoms with E-state index in [0.717, 1.165) is 19.3 Å². The average Bonchev–Trinajstić information content (AvgIpc) is 2.42. The third-order valence-corrected chi connectivity index (χ3v) is 3.83. The standard InChI is InChI=1S/C12H16BrN3O3/c1-2-19-12(18)8-5-3-4-6-16(8)10-9(13)11(17)15-7-14-10/h7-8H,2-6H2,1H3,(H,14,15,17). The van der Waals surface area contributed by atoms with E-state index in [1.165, 1.54) is 6.33 Å². The summed E-state index contributed by atoms with van der Waals surface area (Å²) in [6, 6.07) is -0.362. The van der Waals surface area contributed by atoms with Gasteiger partial charge in [0, 0.05) is 6.54 Å². The molecule has 1 aromatic rings. The summed E-state index contributed by atoms with van der Waals surface area (Å²) in [5.41, 5.74) is -0.252. The lowest BCUT2D eigenvalue weighted by Gasteiger charge is -2.35. The SMILES string of the molecule is CCOC(=O)C1CCCCN1c1nc[nH]c(=O)c1Br. The molecule has 1 atom stereocenters. The molecule has 2 rings (SSSR count). The van der Waals surface area contributed by atoms with Crippen LogP contribution >= 0.6 is 15.9 Å². The minimum atomic E-state index is -0.362. The number of carbonyl (C=O) groups excluding carboxylic acids is 1. The number of hydrogen-bond acceptors (Lipinski definition) is 5. The molecule has 1 aromatic heterocycles. The van der Waals surface area contributed by atoms with Gasteiger partial charge in [-0.05, 0) is 42.1 Å². The molecule has 7 heteroatoms. The summed E-state index contributed by atoms with van der Waals surface area (Å²) in [6.45, 7) is 2.83. The van der Waals surface area contributed by atoms with Crippen LogP contribution in [0.2, 0.25) is 0 Å². The van der Waals surface area contributed by atoms with Crippen LogP contribution in [0, 0.1) is 0 Å². The first kappa shape index (κ1) is 14.0. The summed E-state index contributed by atoms with van der Waals surface area (Å²) >= 11 is 3.23. The molecule has 104 valence electrons. The first-order valence-corrected chi connectivity index (χ1v) is 7.11. The van der Waals surface area contributed by atoms with Crippen LogP contribution in [0.5, 0.6) is 0 Å². The minimum Gasteiger partial charge on any atom is -0.464 e. The molecule has 0 aliphatic carbocycles. The number of aromatic amines is 1. The summed E-state index contributed by atoms with van der Waals surface area (Å²) in [5.74, 6) is 0.248. The molecule has 1 saturated heterocycles. The summed E-state index contributed by atoms with van der Waals surface area (Å²) in [5, 5.41) is 0. The molecule has 2 heterocycles. The number of halogens is 1. The van der Waals surface area contributed by atoms with Crippen molar-refractivity contribution >= 4 is 27.7 Å². The van der Waals surface area contributed by atoms with E-state index >= 15 is 0 Å². The Labute approximate surface area is 119 Å². The first-order valence-electron chi connectivity index (χ1n) is 6.31. The lowest BCUT2D eigenvalue weighted by molar-refractivity contribution is -0.145. The van der Waals surface area contributed by atoms with Crippen molar-refractivity contribution in [3.63, 3.8) is 0 Å². The topological polar surface area (TPSA) is 75.3 Å². The van der Waals surface area contributed by atoms with Crippen LogP contribution in [0.1, 0.15) is 26.2 Å². The van der Waals surface area contributed by atoms with E-state index in [9.17, 15) is 9.59 Å². The van der Waals surface area contributed by atoms with Gasteiger partial charge in [-0.3, -0.25) is 4.79 Å². The first-order chi connectivity index (χ1) is 9.15. The van der Waals surface area contributed by atoms with Gasteiger partial charge >= 0.3 is 5.97 Å². The van der Waals surface area contributed by atoms with Crippen molar-refractivity contribution in [1.82, 2.24) is 9.97 Å². The number of hydrogen-bond donors (Lipinski definition) is 1. The molecule has 19 heavy (non-hydrogen) atoms. The van der Waals surface area contributed by atoms with Crippen LogP contribution in [-0.4, -0.2) is 35.1 Å². The Morgan fingerprint density at radius 1 is 1.63 bits per heavy atom. The lowest BCUT2D eigenvalue weighted by atomic mass is 10.0.